The van der Waals surface area contributed by atoms with Gasteiger partial charge in [-0.2, -0.15) is 0 Å². The molecule has 1 heterocycles. The van der Waals surface area contributed by atoms with Crippen LogP contribution in [0.15, 0.2) is 36.4 Å². The van der Waals surface area contributed by atoms with E-state index in [1.54, 1.807) is 6.07 Å². The molecular formula is C25H28F2N2O4. The predicted molar refractivity (Wildman–Crippen MR) is 120 cm³/mol. The second-order valence-electron chi connectivity index (χ2n) is 8.87. The molecule has 0 aromatic heterocycles. The number of nitrogens with zero attached hydrogens (tertiary/aromatic N) is 1. The van der Waals surface area contributed by atoms with Gasteiger partial charge in [-0.05, 0) is 60.1 Å². The smallest absolute Gasteiger partial charge is 0.259 e. The molecule has 6 nitrogen and oxygen atoms in total. The van der Waals surface area contributed by atoms with E-state index in [1.165, 1.54) is 11.1 Å². The standard InChI is InChI=1S/C25H28F2N2O4/c1-3-15-8-14(2)21-5-4-19(10-16(21)9-15)28-24(31)22(30)23-25(32)29(6-7-33-23)20-12-17(26)11-18(27)13-20/h4-5,10-15,22-23,30H,3,6-9H2,1-2H3,(H,28,31). The molecule has 176 valence electrons. The average Bonchev–Trinajstić information content (AvgIpc) is 2.77. The monoisotopic (exact) mass is 458 g/mol. The van der Waals surface area contributed by atoms with Gasteiger partial charge >= 0.3 is 0 Å². The maximum absolute atomic E-state index is 13.6. The molecule has 0 spiro atoms. The van der Waals surface area contributed by atoms with E-state index in [2.05, 4.69) is 19.2 Å². The lowest BCUT2D eigenvalue weighted by Crippen LogP contribution is -2.55. The van der Waals surface area contributed by atoms with Crippen LogP contribution in [-0.2, 0) is 20.7 Å². The van der Waals surface area contributed by atoms with Gasteiger partial charge in [-0.15, -0.1) is 0 Å². The van der Waals surface area contributed by atoms with Crippen LogP contribution in [0, 0.1) is 17.6 Å². The van der Waals surface area contributed by atoms with Crippen molar-refractivity contribution in [2.45, 2.75) is 51.2 Å². The number of morpholine rings is 1. The maximum Gasteiger partial charge on any atom is 0.259 e. The second-order valence-corrected chi connectivity index (χ2v) is 8.87. The van der Waals surface area contributed by atoms with Crippen molar-refractivity contribution in [1.82, 2.24) is 0 Å². The molecule has 1 fully saturated rings. The second kappa shape index (κ2) is 9.57. The summed E-state index contributed by atoms with van der Waals surface area (Å²) in [4.78, 5) is 26.7. The minimum absolute atomic E-state index is 0.00712. The van der Waals surface area contributed by atoms with Crippen molar-refractivity contribution in [3.05, 3.63) is 59.2 Å². The summed E-state index contributed by atoms with van der Waals surface area (Å²) in [6.07, 6.45) is -0.0948. The number of carbonyl (C=O) groups is 2. The van der Waals surface area contributed by atoms with Gasteiger partial charge in [0.1, 0.15) is 11.6 Å². The zero-order valence-corrected chi connectivity index (χ0v) is 18.7. The lowest BCUT2D eigenvalue weighted by Gasteiger charge is -2.34. The Kier molecular flexibility index (Phi) is 6.76. The van der Waals surface area contributed by atoms with Crippen molar-refractivity contribution in [3.8, 4) is 0 Å². The van der Waals surface area contributed by atoms with Crippen LogP contribution in [0.1, 0.15) is 43.7 Å². The summed E-state index contributed by atoms with van der Waals surface area (Å²) < 4.78 is 32.6. The Balaban J connectivity index is 1.47. The van der Waals surface area contributed by atoms with Gasteiger partial charge in [-0.25, -0.2) is 8.78 Å². The number of ether oxygens (including phenoxy) is 1. The van der Waals surface area contributed by atoms with E-state index in [0.29, 0.717) is 23.6 Å². The van der Waals surface area contributed by atoms with Crippen LogP contribution in [-0.4, -0.2) is 42.3 Å². The van der Waals surface area contributed by atoms with Gasteiger partial charge in [0, 0.05) is 24.0 Å². The molecule has 0 bridgehead atoms. The van der Waals surface area contributed by atoms with E-state index >= 15 is 0 Å². The topological polar surface area (TPSA) is 78.9 Å². The molecule has 4 rings (SSSR count). The van der Waals surface area contributed by atoms with Gasteiger partial charge in [-0.3, -0.25) is 9.59 Å². The number of aliphatic hydroxyl groups excluding tert-OH is 1. The molecule has 33 heavy (non-hydrogen) atoms. The summed E-state index contributed by atoms with van der Waals surface area (Å²) >= 11 is 0. The van der Waals surface area contributed by atoms with Crippen LogP contribution in [0.5, 0.6) is 0 Å². The molecule has 2 N–H and O–H groups in total. The van der Waals surface area contributed by atoms with Gasteiger partial charge in [-0.1, -0.05) is 26.3 Å². The number of hydrogen-bond acceptors (Lipinski definition) is 4. The number of aliphatic hydroxyl groups is 1. The van der Waals surface area contributed by atoms with E-state index in [-0.39, 0.29) is 18.8 Å². The normalized spacial score (nSPS) is 23.7. The Bertz CT molecular complexity index is 1040. The zero-order valence-electron chi connectivity index (χ0n) is 18.7. The number of hydrogen-bond donors (Lipinski definition) is 2. The van der Waals surface area contributed by atoms with Crippen molar-refractivity contribution in [3.63, 3.8) is 0 Å². The van der Waals surface area contributed by atoms with Crippen molar-refractivity contribution in [1.29, 1.82) is 0 Å². The minimum atomic E-state index is -1.78. The molecule has 0 saturated carbocycles. The Hall–Kier alpha value is -2.84. The van der Waals surface area contributed by atoms with Gasteiger partial charge in [0.25, 0.3) is 11.8 Å². The predicted octanol–water partition coefficient (Wildman–Crippen LogP) is 3.77. The molecule has 8 heteroatoms. The molecule has 0 radical (unpaired) electrons. The third-order valence-electron chi connectivity index (χ3n) is 6.55. The molecule has 4 atom stereocenters. The molecule has 1 aliphatic heterocycles. The van der Waals surface area contributed by atoms with Gasteiger partial charge < -0.3 is 20.1 Å². The number of amides is 2. The molecular weight excluding hydrogens is 430 g/mol. The van der Waals surface area contributed by atoms with Crippen LogP contribution in [0.3, 0.4) is 0 Å². The summed E-state index contributed by atoms with van der Waals surface area (Å²) in [6, 6.07) is 8.45. The SMILES string of the molecule is CCC1Cc2cc(NC(=O)C(O)C3OCCN(c4cc(F)cc(F)c4)C3=O)ccc2C(C)C1. The summed E-state index contributed by atoms with van der Waals surface area (Å²) in [5, 5.41) is 13.2. The molecule has 2 aromatic carbocycles. The van der Waals surface area contributed by atoms with E-state index in [1.807, 2.05) is 12.1 Å². The number of benzene rings is 2. The van der Waals surface area contributed by atoms with Crippen LogP contribution < -0.4 is 10.2 Å². The number of halogens is 2. The first-order valence-electron chi connectivity index (χ1n) is 11.3. The van der Waals surface area contributed by atoms with Crippen LogP contribution in [0.2, 0.25) is 0 Å². The summed E-state index contributed by atoms with van der Waals surface area (Å²) in [7, 11) is 0. The van der Waals surface area contributed by atoms with Crippen molar-refractivity contribution in [2.24, 2.45) is 5.92 Å². The molecule has 2 aromatic rings. The lowest BCUT2D eigenvalue weighted by atomic mass is 9.76. The average molecular weight is 459 g/mol. The fourth-order valence-electron chi connectivity index (χ4n) is 4.81. The summed E-state index contributed by atoms with van der Waals surface area (Å²) in [5.74, 6) is -2.13. The highest BCUT2D eigenvalue weighted by Gasteiger charge is 2.39. The quantitative estimate of drug-likeness (QED) is 0.715. The fraction of sp³-hybridized carbons (Fsp3) is 0.440. The summed E-state index contributed by atoms with van der Waals surface area (Å²) in [5.41, 5.74) is 2.99. The highest BCUT2D eigenvalue weighted by atomic mass is 19.1. The van der Waals surface area contributed by atoms with Gasteiger partial charge in [0.15, 0.2) is 12.2 Å². The van der Waals surface area contributed by atoms with E-state index < -0.39 is 35.7 Å². The number of rotatable bonds is 5. The van der Waals surface area contributed by atoms with Crippen LogP contribution >= 0.6 is 0 Å². The molecule has 2 amide bonds. The molecule has 2 aliphatic rings. The third-order valence-corrected chi connectivity index (χ3v) is 6.55. The Labute approximate surface area is 191 Å². The fourth-order valence-corrected chi connectivity index (χ4v) is 4.81. The van der Waals surface area contributed by atoms with E-state index in [9.17, 15) is 23.5 Å². The van der Waals surface area contributed by atoms with E-state index in [0.717, 1.165) is 36.3 Å². The van der Waals surface area contributed by atoms with Crippen molar-refractivity contribution in [2.75, 3.05) is 23.4 Å². The Morgan fingerprint density at radius 1 is 1.24 bits per heavy atom. The number of carbonyl (C=O) groups excluding carboxylic acids is 2. The van der Waals surface area contributed by atoms with Crippen molar-refractivity contribution >= 4 is 23.2 Å². The molecule has 1 saturated heterocycles. The zero-order chi connectivity index (χ0) is 23.7. The largest absolute Gasteiger partial charge is 0.380 e. The Morgan fingerprint density at radius 2 is 1.97 bits per heavy atom. The highest BCUT2D eigenvalue weighted by molar-refractivity contribution is 6.03. The third kappa shape index (κ3) is 4.91. The van der Waals surface area contributed by atoms with Crippen LogP contribution in [0.4, 0.5) is 20.2 Å². The lowest BCUT2D eigenvalue weighted by molar-refractivity contribution is -0.150. The van der Waals surface area contributed by atoms with Crippen molar-refractivity contribution < 1.29 is 28.2 Å². The minimum Gasteiger partial charge on any atom is -0.380 e. The van der Waals surface area contributed by atoms with E-state index in [4.69, 9.17) is 4.74 Å². The van der Waals surface area contributed by atoms with Crippen LogP contribution in [0.25, 0.3) is 0 Å². The number of anilines is 2. The first-order chi connectivity index (χ1) is 15.8. The first kappa shape index (κ1) is 23.3. The maximum atomic E-state index is 13.6. The number of nitrogens with one attached hydrogen (secondary N) is 1. The first-order valence-corrected chi connectivity index (χ1v) is 11.3. The Morgan fingerprint density at radius 3 is 2.67 bits per heavy atom. The highest BCUT2D eigenvalue weighted by Crippen LogP contribution is 2.37. The molecule has 4 unspecified atom stereocenters. The van der Waals surface area contributed by atoms with Gasteiger partial charge in [0.05, 0.1) is 6.61 Å². The van der Waals surface area contributed by atoms with Gasteiger partial charge in [0.2, 0.25) is 0 Å². The number of fused-ring (bicyclic) bond motifs is 1. The molecule has 1 aliphatic carbocycles. The summed E-state index contributed by atoms with van der Waals surface area (Å²) in [6.45, 7) is 4.43.